The molecule has 1 saturated heterocycles. The molecule has 3 aromatic rings. The number of benzene rings is 2. The number of aromatic nitrogens is 1. The Morgan fingerprint density at radius 3 is 2.34 bits per heavy atom. The Hall–Kier alpha value is -2.51. The Bertz CT molecular complexity index is 1040. The minimum absolute atomic E-state index is 0.0197. The van der Waals surface area contributed by atoms with Crippen molar-refractivity contribution >= 4 is 44.2 Å². The van der Waals surface area contributed by atoms with E-state index in [2.05, 4.69) is 4.90 Å². The summed E-state index contributed by atoms with van der Waals surface area (Å²) in [5, 5.41) is 1.71. The third-order valence-electron chi connectivity index (χ3n) is 5.17. The highest BCUT2D eigenvalue weighted by Gasteiger charge is 2.25. The first-order valence-electron chi connectivity index (χ1n) is 9.33. The number of amides is 1. The van der Waals surface area contributed by atoms with Gasteiger partial charge in [-0.15, -0.1) is 0 Å². The second-order valence-electron chi connectivity index (χ2n) is 6.90. The maximum Gasteiger partial charge on any atom is 0.254 e. The van der Waals surface area contributed by atoms with Crippen LogP contribution in [-0.2, 0) is 0 Å². The van der Waals surface area contributed by atoms with Crippen LogP contribution < -0.4 is 14.4 Å². The number of ether oxygens (including phenoxy) is 2. The summed E-state index contributed by atoms with van der Waals surface area (Å²) in [7, 11) is 3.16. The Labute approximate surface area is 178 Å². The van der Waals surface area contributed by atoms with Gasteiger partial charge in [0.2, 0.25) is 0 Å². The molecule has 4 rings (SSSR count). The largest absolute Gasteiger partial charge is 0.497 e. The van der Waals surface area contributed by atoms with E-state index in [1.165, 1.54) is 0 Å². The van der Waals surface area contributed by atoms with Gasteiger partial charge in [-0.05, 0) is 36.8 Å². The molecule has 0 bridgehead atoms. The summed E-state index contributed by atoms with van der Waals surface area (Å²) in [5.41, 5.74) is 2.53. The highest BCUT2D eigenvalue weighted by atomic mass is 35.5. The molecule has 152 valence electrons. The van der Waals surface area contributed by atoms with Crippen molar-refractivity contribution in [2.75, 3.05) is 45.3 Å². The molecule has 1 amide bonds. The van der Waals surface area contributed by atoms with Crippen LogP contribution in [0.2, 0.25) is 5.02 Å². The van der Waals surface area contributed by atoms with E-state index in [1.54, 1.807) is 43.8 Å². The van der Waals surface area contributed by atoms with E-state index in [1.807, 2.05) is 24.0 Å². The van der Waals surface area contributed by atoms with E-state index in [0.29, 0.717) is 30.2 Å². The monoisotopic (exact) mass is 431 g/mol. The van der Waals surface area contributed by atoms with Gasteiger partial charge >= 0.3 is 0 Å². The standard InChI is InChI=1S/C21H22ClN3O3S/c1-13-17(22)4-5-18-19(13)23-21(29-18)25-8-6-24(7-9-25)20(26)14-10-15(27-2)12-16(11-14)28-3/h4-5,10-12H,6-9H2,1-3H3. The molecule has 0 radical (unpaired) electrons. The summed E-state index contributed by atoms with van der Waals surface area (Å²) in [4.78, 5) is 21.9. The molecule has 0 atom stereocenters. The molecule has 0 unspecified atom stereocenters. The SMILES string of the molecule is COc1cc(OC)cc(C(=O)N2CCN(c3nc4c(C)c(Cl)ccc4s3)CC2)c1. The third kappa shape index (κ3) is 3.84. The van der Waals surface area contributed by atoms with E-state index >= 15 is 0 Å². The summed E-state index contributed by atoms with van der Waals surface area (Å²) < 4.78 is 11.7. The van der Waals surface area contributed by atoms with Crippen LogP contribution >= 0.6 is 22.9 Å². The van der Waals surface area contributed by atoms with E-state index in [4.69, 9.17) is 26.1 Å². The molecular weight excluding hydrogens is 410 g/mol. The van der Waals surface area contributed by atoms with Gasteiger partial charge < -0.3 is 19.3 Å². The Morgan fingerprint density at radius 1 is 1.07 bits per heavy atom. The number of rotatable bonds is 4. The molecule has 0 N–H and O–H groups in total. The predicted molar refractivity (Wildman–Crippen MR) is 117 cm³/mol. The first-order chi connectivity index (χ1) is 14.0. The van der Waals surface area contributed by atoms with E-state index in [9.17, 15) is 4.79 Å². The quantitative estimate of drug-likeness (QED) is 0.618. The van der Waals surface area contributed by atoms with Crippen LogP contribution in [0.5, 0.6) is 11.5 Å². The fourth-order valence-electron chi connectivity index (χ4n) is 3.44. The average Bonchev–Trinajstić information content (AvgIpc) is 3.20. The smallest absolute Gasteiger partial charge is 0.254 e. The van der Waals surface area contributed by atoms with Crippen molar-refractivity contribution in [2.45, 2.75) is 6.92 Å². The molecule has 0 saturated carbocycles. The molecule has 2 aromatic carbocycles. The number of hydrogen-bond acceptors (Lipinski definition) is 6. The highest BCUT2D eigenvalue weighted by molar-refractivity contribution is 7.22. The number of carbonyl (C=O) groups is 1. The molecular formula is C21H22ClN3O3S. The van der Waals surface area contributed by atoms with Crippen LogP contribution in [-0.4, -0.2) is 56.2 Å². The van der Waals surface area contributed by atoms with Crippen LogP contribution in [0.15, 0.2) is 30.3 Å². The molecule has 1 aliphatic heterocycles. The number of fused-ring (bicyclic) bond motifs is 1. The zero-order valence-electron chi connectivity index (χ0n) is 16.6. The number of carbonyl (C=O) groups excluding carboxylic acids is 1. The molecule has 8 heteroatoms. The molecule has 0 aliphatic carbocycles. The van der Waals surface area contributed by atoms with Gasteiger partial charge in [0.1, 0.15) is 11.5 Å². The van der Waals surface area contributed by atoms with Crippen LogP contribution in [0.3, 0.4) is 0 Å². The summed E-state index contributed by atoms with van der Waals surface area (Å²) >= 11 is 7.89. The minimum atomic E-state index is -0.0197. The number of hydrogen-bond donors (Lipinski definition) is 0. The summed E-state index contributed by atoms with van der Waals surface area (Å²) in [6, 6.07) is 9.19. The second kappa shape index (κ2) is 8.08. The highest BCUT2D eigenvalue weighted by Crippen LogP contribution is 2.34. The zero-order valence-corrected chi connectivity index (χ0v) is 18.1. The first kappa shape index (κ1) is 19.8. The number of thiazole rings is 1. The van der Waals surface area contributed by atoms with Crippen LogP contribution in [0.1, 0.15) is 15.9 Å². The normalized spacial score (nSPS) is 14.3. The number of aryl methyl sites for hydroxylation is 1. The van der Waals surface area contributed by atoms with Gasteiger partial charge in [0.05, 0.1) is 24.4 Å². The number of piperazine rings is 1. The fraction of sp³-hybridized carbons (Fsp3) is 0.333. The van der Waals surface area contributed by atoms with E-state index in [0.717, 1.165) is 39.0 Å². The number of anilines is 1. The van der Waals surface area contributed by atoms with Gasteiger partial charge in [0, 0.05) is 42.8 Å². The van der Waals surface area contributed by atoms with Crippen molar-refractivity contribution in [3.8, 4) is 11.5 Å². The average molecular weight is 432 g/mol. The number of halogens is 1. The summed E-state index contributed by atoms with van der Waals surface area (Å²) in [6.45, 7) is 4.73. The predicted octanol–water partition coefficient (Wildman–Crippen LogP) is 4.24. The van der Waals surface area contributed by atoms with Crippen molar-refractivity contribution in [1.82, 2.24) is 9.88 Å². The van der Waals surface area contributed by atoms with Crippen molar-refractivity contribution in [1.29, 1.82) is 0 Å². The fourth-order valence-corrected chi connectivity index (χ4v) is 4.67. The molecule has 1 fully saturated rings. The van der Waals surface area contributed by atoms with Crippen molar-refractivity contribution in [3.63, 3.8) is 0 Å². The van der Waals surface area contributed by atoms with Crippen molar-refractivity contribution in [2.24, 2.45) is 0 Å². The van der Waals surface area contributed by atoms with Gasteiger partial charge in [-0.25, -0.2) is 4.98 Å². The lowest BCUT2D eigenvalue weighted by molar-refractivity contribution is 0.0746. The lowest BCUT2D eigenvalue weighted by Crippen LogP contribution is -2.48. The van der Waals surface area contributed by atoms with Gasteiger partial charge in [-0.3, -0.25) is 4.79 Å². The zero-order chi connectivity index (χ0) is 20.5. The van der Waals surface area contributed by atoms with Crippen molar-refractivity contribution < 1.29 is 14.3 Å². The van der Waals surface area contributed by atoms with Gasteiger partial charge in [0.15, 0.2) is 5.13 Å². The van der Waals surface area contributed by atoms with Crippen LogP contribution in [0, 0.1) is 6.92 Å². The van der Waals surface area contributed by atoms with Gasteiger partial charge in [-0.1, -0.05) is 22.9 Å². The Morgan fingerprint density at radius 2 is 1.72 bits per heavy atom. The minimum Gasteiger partial charge on any atom is -0.497 e. The van der Waals surface area contributed by atoms with Crippen molar-refractivity contribution in [3.05, 3.63) is 46.5 Å². The topological polar surface area (TPSA) is 54.9 Å². The maximum atomic E-state index is 13.0. The lowest BCUT2D eigenvalue weighted by Gasteiger charge is -2.34. The third-order valence-corrected chi connectivity index (χ3v) is 6.66. The summed E-state index contributed by atoms with van der Waals surface area (Å²) in [5.74, 6) is 1.19. The van der Waals surface area contributed by atoms with Crippen LogP contribution in [0.25, 0.3) is 10.2 Å². The molecule has 1 aromatic heterocycles. The Kier molecular flexibility index (Phi) is 5.52. The number of methoxy groups -OCH3 is 2. The second-order valence-corrected chi connectivity index (χ2v) is 8.31. The first-order valence-corrected chi connectivity index (χ1v) is 10.5. The van der Waals surface area contributed by atoms with Gasteiger partial charge in [0.25, 0.3) is 5.91 Å². The molecule has 1 aliphatic rings. The van der Waals surface area contributed by atoms with Gasteiger partial charge in [-0.2, -0.15) is 0 Å². The number of nitrogens with zero attached hydrogens (tertiary/aromatic N) is 3. The molecule has 6 nitrogen and oxygen atoms in total. The summed E-state index contributed by atoms with van der Waals surface area (Å²) in [6.07, 6.45) is 0. The maximum absolute atomic E-state index is 13.0. The molecule has 29 heavy (non-hydrogen) atoms. The van der Waals surface area contributed by atoms with Crippen LogP contribution in [0.4, 0.5) is 5.13 Å². The lowest BCUT2D eigenvalue weighted by atomic mass is 10.1. The molecule has 0 spiro atoms. The molecule has 2 heterocycles. The van der Waals surface area contributed by atoms with E-state index in [-0.39, 0.29) is 5.91 Å². The van der Waals surface area contributed by atoms with E-state index < -0.39 is 0 Å². The Balaban J connectivity index is 1.48.